The van der Waals surface area contributed by atoms with Crippen LogP contribution in [0, 0.1) is 0 Å². The van der Waals surface area contributed by atoms with Gasteiger partial charge in [-0.2, -0.15) is 0 Å². The monoisotopic (exact) mass is 312 g/mol. The Bertz CT molecular complexity index is 844. The molecule has 118 valence electrons. The molecule has 0 N–H and O–H groups in total. The predicted octanol–water partition coefficient (Wildman–Crippen LogP) is 2.95. The molecule has 2 aromatic rings. The number of hydrogen-bond donors (Lipinski definition) is 0. The van der Waals surface area contributed by atoms with Crippen molar-refractivity contribution in [2.75, 3.05) is 14.2 Å². The SMILES string of the molecule is COc1cc2c(cc1OC)C(=O)c1c(oc3c1CCCC3)C2=O. The van der Waals surface area contributed by atoms with Gasteiger partial charge in [-0.15, -0.1) is 0 Å². The molecule has 23 heavy (non-hydrogen) atoms. The molecule has 5 nitrogen and oxygen atoms in total. The first kappa shape index (κ1) is 14.1. The molecule has 0 bridgehead atoms. The van der Waals surface area contributed by atoms with Gasteiger partial charge in [0.05, 0.1) is 19.8 Å². The molecular weight excluding hydrogens is 296 g/mol. The second-order valence-electron chi connectivity index (χ2n) is 5.83. The summed E-state index contributed by atoms with van der Waals surface area (Å²) in [6.07, 6.45) is 3.61. The molecule has 0 amide bonds. The number of carbonyl (C=O) groups is 2. The van der Waals surface area contributed by atoms with Gasteiger partial charge in [-0.3, -0.25) is 9.59 Å². The lowest BCUT2D eigenvalue weighted by molar-refractivity contribution is 0.0958. The Balaban J connectivity index is 1.95. The lowest BCUT2D eigenvalue weighted by Gasteiger charge is -2.17. The number of carbonyl (C=O) groups excluding carboxylic acids is 2. The van der Waals surface area contributed by atoms with Crippen LogP contribution >= 0.6 is 0 Å². The zero-order valence-electron chi connectivity index (χ0n) is 13.0. The summed E-state index contributed by atoms with van der Waals surface area (Å²) in [5.41, 5.74) is 2.02. The average Bonchev–Trinajstić information content (AvgIpc) is 2.98. The Morgan fingerprint density at radius 1 is 0.913 bits per heavy atom. The standard InChI is InChI=1S/C18H16O5/c1-21-13-7-10-11(8-14(13)22-2)17(20)18-15(16(10)19)9-5-3-4-6-12(9)23-18/h7-8H,3-6H2,1-2H3. The molecular formula is C18H16O5. The van der Waals surface area contributed by atoms with E-state index in [-0.39, 0.29) is 17.3 Å². The fourth-order valence-corrected chi connectivity index (χ4v) is 3.48. The van der Waals surface area contributed by atoms with Gasteiger partial charge >= 0.3 is 0 Å². The second kappa shape index (κ2) is 4.98. The van der Waals surface area contributed by atoms with Gasteiger partial charge in [-0.25, -0.2) is 0 Å². The van der Waals surface area contributed by atoms with Crippen LogP contribution in [0.15, 0.2) is 16.5 Å². The van der Waals surface area contributed by atoms with Crippen LogP contribution in [0.1, 0.15) is 56.2 Å². The maximum Gasteiger partial charge on any atom is 0.229 e. The van der Waals surface area contributed by atoms with Gasteiger partial charge in [0.2, 0.25) is 5.78 Å². The lowest BCUT2D eigenvalue weighted by Crippen LogP contribution is -2.21. The van der Waals surface area contributed by atoms with Gasteiger partial charge < -0.3 is 13.9 Å². The third-order valence-corrected chi connectivity index (χ3v) is 4.62. The summed E-state index contributed by atoms with van der Waals surface area (Å²) >= 11 is 0. The first-order chi connectivity index (χ1) is 11.2. The van der Waals surface area contributed by atoms with Crippen LogP contribution in [0.25, 0.3) is 0 Å². The van der Waals surface area contributed by atoms with E-state index in [0.29, 0.717) is 28.2 Å². The van der Waals surface area contributed by atoms with Crippen molar-refractivity contribution in [3.8, 4) is 11.5 Å². The summed E-state index contributed by atoms with van der Waals surface area (Å²) in [4.78, 5) is 25.7. The highest BCUT2D eigenvalue weighted by Gasteiger charge is 2.38. The van der Waals surface area contributed by atoms with Crippen LogP contribution in [-0.4, -0.2) is 25.8 Å². The number of aryl methyl sites for hydroxylation is 1. The maximum atomic E-state index is 12.9. The van der Waals surface area contributed by atoms with Crippen LogP contribution in [0.4, 0.5) is 0 Å². The van der Waals surface area contributed by atoms with Gasteiger partial charge in [0.1, 0.15) is 5.76 Å². The van der Waals surface area contributed by atoms with Crippen molar-refractivity contribution in [2.24, 2.45) is 0 Å². The fourth-order valence-electron chi connectivity index (χ4n) is 3.48. The Morgan fingerprint density at radius 2 is 1.52 bits per heavy atom. The summed E-state index contributed by atoms with van der Waals surface area (Å²) in [5.74, 6) is 1.41. The van der Waals surface area contributed by atoms with Crippen molar-refractivity contribution in [3.05, 3.63) is 45.9 Å². The van der Waals surface area contributed by atoms with Crippen LogP contribution in [0.5, 0.6) is 11.5 Å². The minimum absolute atomic E-state index is 0.164. The van der Waals surface area contributed by atoms with Crippen molar-refractivity contribution in [1.82, 2.24) is 0 Å². The van der Waals surface area contributed by atoms with Crippen LogP contribution in [0.3, 0.4) is 0 Å². The molecule has 5 heteroatoms. The number of hydrogen-bond acceptors (Lipinski definition) is 5. The third kappa shape index (κ3) is 1.86. The molecule has 2 aliphatic rings. The number of fused-ring (bicyclic) bond motifs is 4. The Morgan fingerprint density at radius 3 is 2.17 bits per heavy atom. The number of benzene rings is 1. The normalized spacial score (nSPS) is 15.7. The van der Waals surface area contributed by atoms with Crippen molar-refractivity contribution >= 4 is 11.6 Å². The van der Waals surface area contributed by atoms with Crippen molar-refractivity contribution in [1.29, 1.82) is 0 Å². The summed E-state index contributed by atoms with van der Waals surface area (Å²) in [5, 5.41) is 0. The third-order valence-electron chi connectivity index (χ3n) is 4.62. The first-order valence-corrected chi connectivity index (χ1v) is 7.65. The molecule has 1 aromatic carbocycles. The van der Waals surface area contributed by atoms with E-state index in [0.717, 1.165) is 37.0 Å². The molecule has 0 atom stereocenters. The van der Waals surface area contributed by atoms with Crippen molar-refractivity contribution in [3.63, 3.8) is 0 Å². The zero-order valence-corrected chi connectivity index (χ0v) is 13.0. The van der Waals surface area contributed by atoms with Crippen molar-refractivity contribution in [2.45, 2.75) is 25.7 Å². The molecule has 2 aliphatic carbocycles. The lowest BCUT2D eigenvalue weighted by atomic mass is 9.83. The molecule has 4 rings (SSSR count). The summed E-state index contributed by atoms with van der Waals surface area (Å²) in [6.45, 7) is 0. The molecule has 1 heterocycles. The number of methoxy groups -OCH3 is 2. The number of rotatable bonds is 2. The molecule has 0 aliphatic heterocycles. The zero-order chi connectivity index (χ0) is 16.1. The molecule has 0 saturated carbocycles. The predicted molar refractivity (Wildman–Crippen MR) is 81.8 cm³/mol. The maximum absolute atomic E-state index is 12.9. The number of ether oxygens (including phenoxy) is 2. The smallest absolute Gasteiger partial charge is 0.229 e. The average molecular weight is 312 g/mol. The summed E-state index contributed by atoms with van der Waals surface area (Å²) < 4.78 is 16.2. The molecule has 1 aromatic heterocycles. The van der Waals surface area contributed by atoms with E-state index in [4.69, 9.17) is 13.9 Å². The highest BCUT2D eigenvalue weighted by molar-refractivity contribution is 6.28. The van der Waals surface area contributed by atoms with E-state index >= 15 is 0 Å². The topological polar surface area (TPSA) is 65.7 Å². The van der Waals surface area contributed by atoms with Gasteiger partial charge in [-0.1, -0.05) is 0 Å². The summed E-state index contributed by atoms with van der Waals surface area (Å²) in [7, 11) is 3.00. The van der Waals surface area contributed by atoms with E-state index in [1.54, 1.807) is 12.1 Å². The molecule has 0 unspecified atom stereocenters. The van der Waals surface area contributed by atoms with E-state index in [1.807, 2.05) is 0 Å². The van der Waals surface area contributed by atoms with E-state index < -0.39 is 0 Å². The molecule has 0 radical (unpaired) electrons. The fraction of sp³-hybridized carbons (Fsp3) is 0.333. The van der Waals surface area contributed by atoms with Crippen LogP contribution in [0.2, 0.25) is 0 Å². The van der Waals surface area contributed by atoms with Gasteiger partial charge in [-0.05, 0) is 31.4 Å². The Labute approximate surface area is 133 Å². The minimum Gasteiger partial charge on any atom is -0.493 e. The van der Waals surface area contributed by atoms with Gasteiger partial charge in [0.15, 0.2) is 23.0 Å². The largest absolute Gasteiger partial charge is 0.493 e. The molecule has 0 spiro atoms. The second-order valence-corrected chi connectivity index (χ2v) is 5.83. The number of ketones is 2. The Hall–Kier alpha value is -2.56. The van der Waals surface area contributed by atoms with Gasteiger partial charge in [0.25, 0.3) is 0 Å². The molecule has 0 saturated heterocycles. The highest BCUT2D eigenvalue weighted by atomic mass is 16.5. The Kier molecular flexibility index (Phi) is 3.04. The highest BCUT2D eigenvalue weighted by Crippen LogP contribution is 2.40. The van der Waals surface area contributed by atoms with E-state index in [9.17, 15) is 9.59 Å². The summed E-state index contributed by atoms with van der Waals surface area (Å²) in [6, 6.07) is 3.14. The quantitative estimate of drug-likeness (QED) is 0.728. The molecule has 0 fully saturated rings. The minimum atomic E-state index is -0.259. The van der Waals surface area contributed by atoms with Crippen molar-refractivity contribution < 1.29 is 23.5 Å². The van der Waals surface area contributed by atoms with E-state index in [1.165, 1.54) is 14.2 Å². The van der Waals surface area contributed by atoms with E-state index in [2.05, 4.69) is 0 Å². The number of furan rings is 1. The first-order valence-electron chi connectivity index (χ1n) is 7.65. The van der Waals surface area contributed by atoms with Crippen LogP contribution < -0.4 is 9.47 Å². The van der Waals surface area contributed by atoms with Crippen LogP contribution in [-0.2, 0) is 12.8 Å². The van der Waals surface area contributed by atoms with Gasteiger partial charge in [0, 0.05) is 23.1 Å².